The molecule has 5 heteroatoms. The van der Waals surface area contributed by atoms with E-state index in [0.29, 0.717) is 19.6 Å². The maximum Gasteiger partial charge on any atom is 0.231 e. The molecule has 0 radical (unpaired) electrons. The Labute approximate surface area is 153 Å². The van der Waals surface area contributed by atoms with E-state index in [2.05, 4.69) is 5.32 Å². The summed E-state index contributed by atoms with van der Waals surface area (Å²) in [5.41, 5.74) is 1.81. The highest BCUT2D eigenvalue weighted by Gasteiger charge is 2.26. The van der Waals surface area contributed by atoms with Crippen molar-refractivity contribution in [1.29, 1.82) is 0 Å². The van der Waals surface area contributed by atoms with E-state index in [0.717, 1.165) is 42.2 Å². The molecule has 2 aromatic rings. The topological polar surface area (TPSA) is 56.8 Å². The van der Waals surface area contributed by atoms with Gasteiger partial charge in [0.25, 0.3) is 0 Å². The Morgan fingerprint density at radius 2 is 2.12 bits per heavy atom. The first-order valence-electron chi connectivity index (χ1n) is 9.14. The molecule has 136 valence electrons. The Morgan fingerprint density at radius 1 is 1.19 bits per heavy atom. The molecule has 2 atom stereocenters. The van der Waals surface area contributed by atoms with Gasteiger partial charge in [0.2, 0.25) is 5.91 Å². The molecule has 2 aliphatic heterocycles. The highest BCUT2D eigenvalue weighted by molar-refractivity contribution is 5.93. The number of nitrogens with one attached hydrogen (secondary N) is 1. The Morgan fingerprint density at radius 3 is 3.00 bits per heavy atom. The zero-order valence-electron chi connectivity index (χ0n) is 14.6. The van der Waals surface area contributed by atoms with E-state index in [1.54, 1.807) is 0 Å². The Bertz CT molecular complexity index is 770. The van der Waals surface area contributed by atoms with Crippen LogP contribution in [0.5, 0.6) is 11.5 Å². The zero-order chi connectivity index (χ0) is 17.8. The molecule has 4 rings (SSSR count). The minimum Gasteiger partial charge on any atom is -0.492 e. The number of fused-ring (bicyclic) bond motifs is 1. The van der Waals surface area contributed by atoms with Crippen LogP contribution in [0.2, 0.25) is 0 Å². The lowest BCUT2D eigenvalue weighted by Gasteiger charge is -2.24. The molecule has 1 amide bonds. The lowest BCUT2D eigenvalue weighted by Crippen LogP contribution is -2.32. The highest BCUT2D eigenvalue weighted by atomic mass is 16.5. The summed E-state index contributed by atoms with van der Waals surface area (Å²) in [6.45, 7) is 1.76. The fourth-order valence-electron chi connectivity index (χ4n) is 3.37. The number of carbonyl (C=O) groups is 1. The van der Waals surface area contributed by atoms with E-state index in [9.17, 15) is 4.79 Å². The van der Waals surface area contributed by atoms with Gasteiger partial charge in [-0.05, 0) is 43.0 Å². The second-order valence-electron chi connectivity index (χ2n) is 6.78. The predicted molar refractivity (Wildman–Crippen MR) is 98.7 cm³/mol. The normalized spacial score (nSPS) is 21.5. The summed E-state index contributed by atoms with van der Waals surface area (Å²) >= 11 is 0. The molecule has 2 unspecified atom stereocenters. The van der Waals surface area contributed by atoms with E-state index in [1.807, 2.05) is 48.5 Å². The lowest BCUT2D eigenvalue weighted by atomic mass is 9.96. The molecule has 1 N–H and O–H groups in total. The summed E-state index contributed by atoms with van der Waals surface area (Å²) in [7, 11) is 0. The van der Waals surface area contributed by atoms with Gasteiger partial charge in [-0.1, -0.05) is 24.3 Å². The van der Waals surface area contributed by atoms with E-state index in [1.165, 1.54) is 0 Å². The number of anilines is 1. The van der Waals surface area contributed by atoms with Gasteiger partial charge >= 0.3 is 0 Å². The van der Waals surface area contributed by atoms with Crippen LogP contribution >= 0.6 is 0 Å². The number of hydrogen-bond donors (Lipinski definition) is 1. The molecule has 0 saturated carbocycles. The van der Waals surface area contributed by atoms with Crippen LogP contribution in [0.25, 0.3) is 0 Å². The first-order chi connectivity index (χ1) is 12.8. The molecular formula is C21H23NO4. The molecule has 5 nitrogen and oxygen atoms in total. The largest absolute Gasteiger partial charge is 0.492 e. The minimum atomic E-state index is -0.193. The summed E-state index contributed by atoms with van der Waals surface area (Å²) in [4.78, 5) is 12.6. The van der Waals surface area contributed by atoms with Crippen molar-refractivity contribution < 1.29 is 19.0 Å². The molecule has 2 aromatic carbocycles. The van der Waals surface area contributed by atoms with Crippen LogP contribution in [0.4, 0.5) is 5.69 Å². The average molecular weight is 353 g/mol. The van der Waals surface area contributed by atoms with Gasteiger partial charge in [-0.2, -0.15) is 0 Å². The van der Waals surface area contributed by atoms with Gasteiger partial charge in [0.1, 0.15) is 24.7 Å². The van der Waals surface area contributed by atoms with Crippen molar-refractivity contribution in [1.82, 2.24) is 0 Å². The van der Waals surface area contributed by atoms with Crippen molar-refractivity contribution in [3.8, 4) is 11.5 Å². The third-order valence-electron chi connectivity index (χ3n) is 4.81. The highest BCUT2D eigenvalue weighted by Crippen LogP contribution is 2.28. The molecule has 26 heavy (non-hydrogen) atoms. The fourth-order valence-corrected chi connectivity index (χ4v) is 3.37. The number of carbonyl (C=O) groups excluding carboxylic acids is 1. The Balaban J connectivity index is 1.35. The minimum absolute atomic E-state index is 0.0317. The monoisotopic (exact) mass is 353 g/mol. The summed E-state index contributed by atoms with van der Waals surface area (Å²) in [5, 5.41) is 2.98. The van der Waals surface area contributed by atoms with Crippen LogP contribution in [0.1, 0.15) is 18.4 Å². The van der Waals surface area contributed by atoms with Crippen LogP contribution in [-0.4, -0.2) is 31.8 Å². The summed E-state index contributed by atoms with van der Waals surface area (Å²) in [6, 6.07) is 15.4. The molecule has 1 saturated heterocycles. The van der Waals surface area contributed by atoms with Gasteiger partial charge in [-0.15, -0.1) is 0 Å². The van der Waals surface area contributed by atoms with Crippen molar-refractivity contribution in [3.63, 3.8) is 0 Å². The number of rotatable bonds is 5. The molecular weight excluding hydrogens is 330 g/mol. The zero-order valence-corrected chi connectivity index (χ0v) is 14.6. The molecule has 2 aliphatic rings. The lowest BCUT2D eigenvalue weighted by molar-refractivity contribution is -0.121. The second kappa shape index (κ2) is 7.79. The Hall–Kier alpha value is -2.53. The second-order valence-corrected chi connectivity index (χ2v) is 6.78. The van der Waals surface area contributed by atoms with Gasteiger partial charge in [-0.25, -0.2) is 0 Å². The third kappa shape index (κ3) is 3.99. The number of para-hydroxylation sites is 1. The maximum absolute atomic E-state index is 12.6. The van der Waals surface area contributed by atoms with Gasteiger partial charge in [-0.3, -0.25) is 4.79 Å². The smallest absolute Gasteiger partial charge is 0.231 e. The molecule has 0 bridgehead atoms. The van der Waals surface area contributed by atoms with Gasteiger partial charge in [0.15, 0.2) is 0 Å². The molecule has 1 fully saturated rings. The van der Waals surface area contributed by atoms with Crippen LogP contribution in [-0.2, 0) is 16.0 Å². The Kier molecular flexibility index (Phi) is 5.07. The molecule has 0 spiro atoms. The SMILES string of the molecule is O=C(Nc1cccc(OCC2CCCO2)c1)C1COc2ccccc2C1. The molecule has 0 aliphatic carbocycles. The van der Waals surface area contributed by atoms with Crippen molar-refractivity contribution >= 4 is 11.6 Å². The number of ether oxygens (including phenoxy) is 3. The van der Waals surface area contributed by atoms with Crippen molar-refractivity contribution in [2.45, 2.75) is 25.4 Å². The number of benzene rings is 2. The van der Waals surface area contributed by atoms with E-state index in [4.69, 9.17) is 14.2 Å². The molecule has 0 aromatic heterocycles. The molecule has 2 heterocycles. The first kappa shape index (κ1) is 16.9. The first-order valence-corrected chi connectivity index (χ1v) is 9.14. The summed E-state index contributed by atoms with van der Waals surface area (Å²) < 4.78 is 17.1. The summed E-state index contributed by atoms with van der Waals surface area (Å²) in [5.74, 6) is 1.39. The van der Waals surface area contributed by atoms with Crippen LogP contribution < -0.4 is 14.8 Å². The van der Waals surface area contributed by atoms with Crippen LogP contribution in [0, 0.1) is 5.92 Å². The van der Waals surface area contributed by atoms with E-state index in [-0.39, 0.29) is 17.9 Å². The third-order valence-corrected chi connectivity index (χ3v) is 4.81. The standard InChI is InChI=1S/C21H23NO4/c23-21(16-11-15-5-1-2-9-20(15)26-13-16)22-17-6-3-7-18(12-17)25-14-19-8-4-10-24-19/h1-3,5-7,9,12,16,19H,4,8,10-11,13-14H2,(H,22,23). The number of hydrogen-bond acceptors (Lipinski definition) is 4. The number of amides is 1. The van der Waals surface area contributed by atoms with Crippen molar-refractivity contribution in [3.05, 3.63) is 54.1 Å². The van der Waals surface area contributed by atoms with Gasteiger partial charge < -0.3 is 19.5 Å². The predicted octanol–water partition coefficient (Wildman–Crippen LogP) is 3.43. The van der Waals surface area contributed by atoms with Gasteiger partial charge in [0, 0.05) is 18.4 Å². The van der Waals surface area contributed by atoms with E-state index < -0.39 is 0 Å². The quantitative estimate of drug-likeness (QED) is 0.895. The van der Waals surface area contributed by atoms with Gasteiger partial charge in [0.05, 0.1) is 12.0 Å². The van der Waals surface area contributed by atoms with Crippen molar-refractivity contribution in [2.24, 2.45) is 5.92 Å². The van der Waals surface area contributed by atoms with Crippen molar-refractivity contribution in [2.75, 3.05) is 25.1 Å². The van der Waals surface area contributed by atoms with Crippen LogP contribution in [0.3, 0.4) is 0 Å². The fraction of sp³-hybridized carbons (Fsp3) is 0.381. The summed E-state index contributed by atoms with van der Waals surface area (Å²) in [6.07, 6.45) is 3.00. The maximum atomic E-state index is 12.6. The van der Waals surface area contributed by atoms with Crippen LogP contribution in [0.15, 0.2) is 48.5 Å². The van der Waals surface area contributed by atoms with E-state index >= 15 is 0 Å². The average Bonchev–Trinajstić information content (AvgIpc) is 3.20.